The van der Waals surface area contributed by atoms with Crippen LogP contribution in [-0.4, -0.2) is 33.9 Å². The maximum absolute atomic E-state index is 12.9. The molecule has 1 heterocycles. The van der Waals surface area contributed by atoms with E-state index in [4.69, 9.17) is 0 Å². The Morgan fingerprint density at radius 2 is 1.74 bits per heavy atom. The van der Waals surface area contributed by atoms with Gasteiger partial charge in [0.05, 0.1) is 5.69 Å². The number of hydrogen-bond acceptors (Lipinski definition) is 4. The molecule has 1 aromatic carbocycles. The Balaban J connectivity index is 2.80. The quantitative estimate of drug-likeness (QED) is 0.747. The first kappa shape index (κ1) is 17.4. The van der Waals surface area contributed by atoms with Gasteiger partial charge in [-0.3, -0.25) is 18.7 Å². The highest BCUT2D eigenvalue weighted by molar-refractivity contribution is 9.10. The average molecular weight is 380 g/mol. The fraction of sp³-hybridized carbons (Fsp3) is 0.312. The molecule has 0 spiro atoms. The van der Waals surface area contributed by atoms with Crippen LogP contribution in [0.3, 0.4) is 0 Å². The number of benzene rings is 1. The van der Waals surface area contributed by atoms with Gasteiger partial charge in [0.1, 0.15) is 5.56 Å². The molecule has 0 unspecified atom stereocenters. The Bertz CT molecular complexity index is 881. The van der Waals surface area contributed by atoms with Crippen molar-refractivity contribution in [2.24, 2.45) is 14.1 Å². The summed E-state index contributed by atoms with van der Waals surface area (Å²) in [6.45, 7) is 0.313. The number of halogens is 1. The van der Waals surface area contributed by atoms with E-state index in [1.807, 2.05) is 19.0 Å². The van der Waals surface area contributed by atoms with Gasteiger partial charge in [-0.05, 0) is 26.2 Å². The van der Waals surface area contributed by atoms with Crippen LogP contribution < -0.4 is 11.2 Å². The smallest absolute Gasteiger partial charge is 0.304 e. The first-order chi connectivity index (χ1) is 10.8. The van der Waals surface area contributed by atoms with Crippen molar-refractivity contribution in [1.29, 1.82) is 0 Å². The second-order valence-corrected chi connectivity index (χ2v) is 6.43. The van der Waals surface area contributed by atoms with E-state index >= 15 is 0 Å². The predicted octanol–water partition coefficient (Wildman–Crippen LogP) is 1.14. The van der Waals surface area contributed by atoms with Crippen LogP contribution in [0.2, 0.25) is 0 Å². The second-order valence-electron chi connectivity index (χ2n) is 5.57. The summed E-state index contributed by atoms with van der Waals surface area (Å²) in [5.41, 5.74) is -0.205. The zero-order chi connectivity index (χ0) is 17.3. The van der Waals surface area contributed by atoms with Gasteiger partial charge in [0, 0.05) is 30.7 Å². The van der Waals surface area contributed by atoms with Crippen LogP contribution >= 0.6 is 15.9 Å². The van der Waals surface area contributed by atoms with Crippen molar-refractivity contribution in [3.05, 3.63) is 66.4 Å². The molecule has 0 amide bonds. The molecule has 0 radical (unpaired) electrons. The van der Waals surface area contributed by atoms with E-state index in [0.29, 0.717) is 22.3 Å². The molecule has 6 nitrogen and oxygen atoms in total. The average Bonchev–Trinajstić information content (AvgIpc) is 2.50. The molecule has 0 fully saturated rings. The second kappa shape index (κ2) is 6.64. The number of aromatic nitrogens is 2. The number of nitrogens with zero attached hydrogens (tertiary/aromatic N) is 3. The fourth-order valence-corrected chi connectivity index (χ4v) is 2.84. The summed E-state index contributed by atoms with van der Waals surface area (Å²) in [5.74, 6) is -0.398. The molecule has 0 atom stereocenters. The molecule has 23 heavy (non-hydrogen) atoms. The lowest BCUT2D eigenvalue weighted by Gasteiger charge is -2.18. The Labute approximate surface area is 142 Å². The Hall–Kier alpha value is -1.99. The summed E-state index contributed by atoms with van der Waals surface area (Å²) < 4.78 is 2.92. The number of carbonyl (C=O) groups is 1. The molecule has 0 aliphatic rings. The molecule has 122 valence electrons. The third-order valence-corrected chi connectivity index (χ3v) is 4.29. The molecule has 0 aliphatic heterocycles. The molecule has 2 aromatic rings. The number of ketones is 1. The van der Waals surface area contributed by atoms with Crippen molar-refractivity contribution in [3.8, 4) is 0 Å². The normalized spacial score (nSPS) is 11.0. The highest BCUT2D eigenvalue weighted by Crippen LogP contribution is 2.20. The van der Waals surface area contributed by atoms with Crippen LogP contribution in [0.5, 0.6) is 0 Å². The Morgan fingerprint density at radius 3 is 2.30 bits per heavy atom. The van der Waals surface area contributed by atoms with Crippen molar-refractivity contribution < 1.29 is 4.79 Å². The van der Waals surface area contributed by atoms with E-state index in [2.05, 4.69) is 15.9 Å². The molecule has 7 heteroatoms. The minimum Gasteiger partial charge on any atom is -0.304 e. The molecule has 0 N–H and O–H groups in total. The maximum atomic E-state index is 12.9. The first-order valence-corrected chi connectivity index (χ1v) is 7.77. The fourth-order valence-electron chi connectivity index (χ4n) is 2.38. The van der Waals surface area contributed by atoms with E-state index in [-0.39, 0.29) is 5.56 Å². The van der Waals surface area contributed by atoms with Crippen LogP contribution in [0.25, 0.3) is 0 Å². The van der Waals surface area contributed by atoms with Crippen molar-refractivity contribution in [1.82, 2.24) is 14.0 Å². The summed E-state index contributed by atoms with van der Waals surface area (Å²) in [5, 5.41) is 0. The number of rotatable bonds is 4. The van der Waals surface area contributed by atoms with Crippen molar-refractivity contribution >= 4 is 21.7 Å². The lowest BCUT2D eigenvalue weighted by atomic mass is 10.0. The van der Waals surface area contributed by atoms with Gasteiger partial charge >= 0.3 is 5.69 Å². The zero-order valence-electron chi connectivity index (χ0n) is 13.5. The standard InChI is InChI=1S/C16H18BrN3O3/c1-18(2)9-12-13(15(22)20(4)16(23)19(12)3)14(21)10-7-5-6-8-11(10)17/h5-8H,9H2,1-4H3. The molecule has 1 aromatic heterocycles. The zero-order valence-corrected chi connectivity index (χ0v) is 15.0. The summed E-state index contributed by atoms with van der Waals surface area (Å²) >= 11 is 3.34. The third-order valence-electron chi connectivity index (χ3n) is 3.60. The SMILES string of the molecule is CN(C)Cc1c(C(=O)c2ccccc2Br)c(=O)n(C)c(=O)n1C. The van der Waals surface area contributed by atoms with E-state index < -0.39 is 17.0 Å². The highest BCUT2D eigenvalue weighted by atomic mass is 79.9. The van der Waals surface area contributed by atoms with Crippen molar-refractivity contribution in [2.75, 3.05) is 14.1 Å². The maximum Gasteiger partial charge on any atom is 0.330 e. The van der Waals surface area contributed by atoms with Crippen LogP contribution in [0.1, 0.15) is 21.6 Å². The highest BCUT2D eigenvalue weighted by Gasteiger charge is 2.24. The van der Waals surface area contributed by atoms with E-state index in [9.17, 15) is 14.4 Å². The molecular weight excluding hydrogens is 362 g/mol. The van der Waals surface area contributed by atoms with Crippen LogP contribution in [-0.2, 0) is 20.6 Å². The largest absolute Gasteiger partial charge is 0.330 e. The van der Waals surface area contributed by atoms with Crippen LogP contribution in [0.15, 0.2) is 38.3 Å². The third kappa shape index (κ3) is 3.20. The molecule has 0 saturated heterocycles. The topological polar surface area (TPSA) is 64.3 Å². The van der Waals surface area contributed by atoms with Gasteiger partial charge in [0.2, 0.25) is 5.78 Å². The molecule has 0 saturated carbocycles. The van der Waals surface area contributed by atoms with Gasteiger partial charge in [-0.25, -0.2) is 4.79 Å². The lowest BCUT2D eigenvalue weighted by Crippen LogP contribution is -2.43. The van der Waals surface area contributed by atoms with Crippen LogP contribution in [0.4, 0.5) is 0 Å². The van der Waals surface area contributed by atoms with Gasteiger partial charge in [0.25, 0.3) is 5.56 Å². The van der Waals surface area contributed by atoms with Crippen molar-refractivity contribution in [3.63, 3.8) is 0 Å². The summed E-state index contributed by atoms with van der Waals surface area (Å²) in [4.78, 5) is 39.5. The minimum atomic E-state index is -0.578. The van der Waals surface area contributed by atoms with Gasteiger partial charge in [-0.15, -0.1) is 0 Å². The van der Waals surface area contributed by atoms with Gasteiger partial charge in [0.15, 0.2) is 0 Å². The van der Waals surface area contributed by atoms with Gasteiger partial charge in [-0.2, -0.15) is 0 Å². The van der Waals surface area contributed by atoms with E-state index in [1.165, 1.54) is 11.6 Å². The van der Waals surface area contributed by atoms with Gasteiger partial charge < -0.3 is 4.90 Å². The first-order valence-electron chi connectivity index (χ1n) is 6.98. The summed E-state index contributed by atoms with van der Waals surface area (Å²) in [7, 11) is 6.57. The Kier molecular flexibility index (Phi) is 5.01. The molecular formula is C16H18BrN3O3. The van der Waals surface area contributed by atoms with Crippen molar-refractivity contribution in [2.45, 2.75) is 6.54 Å². The molecule has 2 rings (SSSR count). The van der Waals surface area contributed by atoms with E-state index in [1.54, 1.807) is 31.3 Å². The minimum absolute atomic E-state index is 0.0233. The van der Waals surface area contributed by atoms with Gasteiger partial charge in [-0.1, -0.05) is 28.1 Å². The Morgan fingerprint density at radius 1 is 1.13 bits per heavy atom. The molecule has 0 bridgehead atoms. The predicted molar refractivity (Wildman–Crippen MR) is 91.9 cm³/mol. The number of carbonyl (C=O) groups excluding carboxylic acids is 1. The molecule has 0 aliphatic carbocycles. The van der Waals surface area contributed by atoms with E-state index in [0.717, 1.165) is 4.57 Å². The lowest BCUT2D eigenvalue weighted by molar-refractivity contribution is 0.103. The monoisotopic (exact) mass is 379 g/mol. The summed E-state index contributed by atoms with van der Waals surface area (Å²) in [6.07, 6.45) is 0. The van der Waals surface area contributed by atoms with Crippen LogP contribution in [0, 0.1) is 0 Å². The number of hydrogen-bond donors (Lipinski definition) is 0. The summed E-state index contributed by atoms with van der Waals surface area (Å²) in [6, 6.07) is 6.91.